The number of carbonyl (C=O) groups is 1. The first kappa shape index (κ1) is 14.5. The SMILES string of the molecule is Cc1c(S(=O)(=O)N2CCC3(CC2)CNC(=O)C3)cnn1C. The summed E-state index contributed by atoms with van der Waals surface area (Å²) >= 11 is 0. The van der Waals surface area contributed by atoms with Crippen molar-refractivity contribution >= 4 is 15.9 Å². The Morgan fingerprint density at radius 1 is 1.33 bits per heavy atom. The van der Waals surface area contributed by atoms with Crippen LogP contribution in [0.2, 0.25) is 0 Å². The first-order valence-corrected chi connectivity index (χ1v) is 8.54. The number of amides is 1. The van der Waals surface area contributed by atoms with E-state index >= 15 is 0 Å². The average Bonchev–Trinajstić information content (AvgIpc) is 2.95. The van der Waals surface area contributed by atoms with Crippen LogP contribution < -0.4 is 5.32 Å². The molecular weight excluding hydrogens is 292 g/mol. The third-order valence-corrected chi connectivity index (χ3v) is 6.79. The smallest absolute Gasteiger partial charge is 0.246 e. The molecule has 1 N–H and O–H groups in total. The zero-order valence-corrected chi connectivity index (χ0v) is 13.1. The summed E-state index contributed by atoms with van der Waals surface area (Å²) in [7, 11) is -1.76. The van der Waals surface area contributed by atoms with Crippen molar-refractivity contribution in [2.75, 3.05) is 19.6 Å². The molecule has 0 aromatic carbocycles. The van der Waals surface area contributed by atoms with Crippen molar-refractivity contribution in [3.05, 3.63) is 11.9 Å². The Labute approximate surface area is 124 Å². The van der Waals surface area contributed by atoms with E-state index in [9.17, 15) is 13.2 Å². The van der Waals surface area contributed by atoms with Crippen LogP contribution in [0.3, 0.4) is 0 Å². The fourth-order valence-electron chi connectivity index (χ4n) is 3.18. The van der Waals surface area contributed by atoms with Gasteiger partial charge in [0, 0.05) is 33.1 Å². The molecule has 1 amide bonds. The van der Waals surface area contributed by atoms with E-state index in [0.717, 1.165) is 12.8 Å². The minimum absolute atomic E-state index is 0.0485. The van der Waals surface area contributed by atoms with E-state index < -0.39 is 10.0 Å². The van der Waals surface area contributed by atoms with Gasteiger partial charge in [0.25, 0.3) is 0 Å². The molecular formula is C13H20N4O3S. The molecule has 0 saturated carbocycles. The van der Waals surface area contributed by atoms with Gasteiger partial charge in [-0.05, 0) is 25.2 Å². The number of aryl methyl sites for hydroxylation is 1. The normalized spacial score (nSPS) is 22.7. The van der Waals surface area contributed by atoms with Gasteiger partial charge in [0.2, 0.25) is 15.9 Å². The van der Waals surface area contributed by atoms with Gasteiger partial charge in [0.05, 0.1) is 11.9 Å². The molecule has 7 nitrogen and oxygen atoms in total. The molecule has 0 bridgehead atoms. The average molecular weight is 312 g/mol. The van der Waals surface area contributed by atoms with Gasteiger partial charge in [-0.2, -0.15) is 9.40 Å². The van der Waals surface area contributed by atoms with Gasteiger partial charge in [0.1, 0.15) is 4.90 Å². The molecule has 0 radical (unpaired) electrons. The number of aromatic nitrogens is 2. The monoisotopic (exact) mass is 312 g/mol. The summed E-state index contributed by atoms with van der Waals surface area (Å²) in [5.41, 5.74) is 0.598. The van der Waals surface area contributed by atoms with Gasteiger partial charge in [-0.15, -0.1) is 0 Å². The van der Waals surface area contributed by atoms with E-state index in [1.165, 1.54) is 10.5 Å². The van der Waals surface area contributed by atoms with Crippen molar-refractivity contribution < 1.29 is 13.2 Å². The van der Waals surface area contributed by atoms with Crippen LogP contribution in [0.25, 0.3) is 0 Å². The Morgan fingerprint density at radius 3 is 2.48 bits per heavy atom. The topological polar surface area (TPSA) is 84.3 Å². The lowest BCUT2D eigenvalue weighted by molar-refractivity contribution is -0.119. The molecule has 0 atom stereocenters. The van der Waals surface area contributed by atoms with Gasteiger partial charge >= 0.3 is 0 Å². The van der Waals surface area contributed by atoms with Crippen molar-refractivity contribution in [1.82, 2.24) is 19.4 Å². The number of hydrogen-bond acceptors (Lipinski definition) is 4. The fraction of sp³-hybridized carbons (Fsp3) is 0.692. The molecule has 0 unspecified atom stereocenters. The van der Waals surface area contributed by atoms with E-state index in [1.54, 1.807) is 18.7 Å². The van der Waals surface area contributed by atoms with Crippen molar-refractivity contribution in [3.8, 4) is 0 Å². The number of nitrogens with one attached hydrogen (secondary N) is 1. The predicted octanol–water partition coefficient (Wildman–Crippen LogP) is 0.0193. The van der Waals surface area contributed by atoms with Gasteiger partial charge < -0.3 is 5.32 Å². The standard InChI is InChI=1S/C13H20N4O3S/c1-10-11(8-15-16(10)2)21(19,20)17-5-3-13(4-6-17)7-12(18)14-9-13/h8H,3-7,9H2,1-2H3,(H,14,18). The number of rotatable bonds is 2. The van der Waals surface area contributed by atoms with Crippen LogP contribution in [-0.2, 0) is 21.9 Å². The fourth-order valence-corrected chi connectivity index (χ4v) is 4.80. The summed E-state index contributed by atoms with van der Waals surface area (Å²) in [6.45, 7) is 3.35. The lowest BCUT2D eigenvalue weighted by Crippen LogP contribution is -2.44. The summed E-state index contributed by atoms with van der Waals surface area (Å²) in [5, 5.41) is 6.87. The maximum Gasteiger partial charge on any atom is 0.246 e. The molecule has 21 heavy (non-hydrogen) atoms. The highest BCUT2D eigenvalue weighted by Gasteiger charge is 2.43. The molecule has 2 aliphatic rings. The van der Waals surface area contributed by atoms with Crippen LogP contribution in [0.5, 0.6) is 0 Å². The van der Waals surface area contributed by atoms with Gasteiger partial charge in [-0.1, -0.05) is 0 Å². The number of sulfonamides is 1. The van der Waals surface area contributed by atoms with Crippen LogP contribution in [0.4, 0.5) is 0 Å². The van der Waals surface area contributed by atoms with Gasteiger partial charge in [0.15, 0.2) is 0 Å². The molecule has 116 valence electrons. The molecule has 2 saturated heterocycles. The molecule has 2 fully saturated rings. The highest BCUT2D eigenvalue weighted by atomic mass is 32.2. The Morgan fingerprint density at radius 2 is 2.00 bits per heavy atom. The Balaban J connectivity index is 1.77. The molecule has 3 heterocycles. The lowest BCUT2D eigenvalue weighted by atomic mass is 9.78. The van der Waals surface area contributed by atoms with E-state index in [2.05, 4.69) is 10.4 Å². The molecule has 2 aliphatic heterocycles. The van der Waals surface area contributed by atoms with Gasteiger partial charge in [-0.25, -0.2) is 8.42 Å². The quantitative estimate of drug-likeness (QED) is 0.834. The first-order valence-electron chi connectivity index (χ1n) is 7.10. The van der Waals surface area contributed by atoms with Crippen LogP contribution in [-0.4, -0.2) is 48.0 Å². The maximum atomic E-state index is 12.7. The summed E-state index contributed by atoms with van der Waals surface area (Å²) in [4.78, 5) is 11.7. The first-order chi connectivity index (χ1) is 9.84. The van der Waals surface area contributed by atoms with E-state index in [-0.39, 0.29) is 16.2 Å². The predicted molar refractivity (Wildman–Crippen MR) is 76.0 cm³/mol. The maximum absolute atomic E-state index is 12.7. The highest BCUT2D eigenvalue weighted by molar-refractivity contribution is 7.89. The van der Waals surface area contributed by atoms with Crippen LogP contribution in [0, 0.1) is 12.3 Å². The van der Waals surface area contributed by atoms with Crippen molar-refractivity contribution in [1.29, 1.82) is 0 Å². The van der Waals surface area contributed by atoms with E-state index in [0.29, 0.717) is 31.7 Å². The second-order valence-electron chi connectivity index (χ2n) is 6.08. The number of nitrogens with zero attached hydrogens (tertiary/aromatic N) is 3. The summed E-state index contributed by atoms with van der Waals surface area (Å²) < 4.78 is 28.4. The van der Waals surface area contributed by atoms with Crippen molar-refractivity contribution in [3.63, 3.8) is 0 Å². The second kappa shape index (κ2) is 4.81. The summed E-state index contributed by atoms with van der Waals surface area (Å²) in [5.74, 6) is 0.0782. The zero-order chi connectivity index (χ0) is 15.3. The van der Waals surface area contributed by atoms with Crippen molar-refractivity contribution in [2.24, 2.45) is 12.5 Å². The molecule has 1 aromatic heterocycles. The van der Waals surface area contributed by atoms with Crippen LogP contribution in [0.1, 0.15) is 25.0 Å². The van der Waals surface area contributed by atoms with Crippen molar-refractivity contribution in [2.45, 2.75) is 31.1 Å². The molecule has 1 aromatic rings. The number of hydrogen-bond donors (Lipinski definition) is 1. The Hall–Kier alpha value is -1.41. The Kier molecular flexibility index (Phi) is 3.32. The largest absolute Gasteiger partial charge is 0.356 e. The zero-order valence-electron chi connectivity index (χ0n) is 12.3. The Bertz CT molecular complexity index is 672. The molecule has 8 heteroatoms. The summed E-state index contributed by atoms with van der Waals surface area (Å²) in [6, 6.07) is 0. The van der Waals surface area contributed by atoms with E-state index in [1.807, 2.05) is 0 Å². The second-order valence-corrected chi connectivity index (χ2v) is 7.98. The van der Waals surface area contributed by atoms with E-state index in [4.69, 9.17) is 0 Å². The molecule has 0 aliphatic carbocycles. The minimum Gasteiger partial charge on any atom is -0.356 e. The highest BCUT2D eigenvalue weighted by Crippen LogP contribution is 2.38. The third kappa shape index (κ3) is 2.36. The molecule has 3 rings (SSSR count). The lowest BCUT2D eigenvalue weighted by Gasteiger charge is -2.37. The van der Waals surface area contributed by atoms with Crippen LogP contribution in [0.15, 0.2) is 11.1 Å². The minimum atomic E-state index is -3.49. The van der Waals surface area contributed by atoms with Gasteiger partial charge in [-0.3, -0.25) is 9.48 Å². The third-order valence-electron chi connectivity index (χ3n) is 4.79. The summed E-state index contributed by atoms with van der Waals surface area (Å²) in [6.07, 6.45) is 3.39. The number of piperidine rings is 1. The molecule has 1 spiro atoms. The number of carbonyl (C=O) groups excluding carboxylic acids is 1. The van der Waals surface area contributed by atoms with Crippen LogP contribution >= 0.6 is 0 Å².